The minimum absolute atomic E-state index is 0.223. The number of rotatable bonds is 5. The van der Waals surface area contributed by atoms with Gasteiger partial charge in [-0.3, -0.25) is 9.20 Å². The molecule has 2 aromatic heterocycles. The zero-order chi connectivity index (χ0) is 16.9. The molecule has 0 saturated carbocycles. The third-order valence-corrected chi connectivity index (χ3v) is 3.82. The van der Waals surface area contributed by atoms with Gasteiger partial charge in [0.15, 0.2) is 5.15 Å². The number of carbonyl (C=O) groups is 1. The first-order valence-electron chi connectivity index (χ1n) is 7.46. The highest BCUT2D eigenvalue weighted by Gasteiger charge is 2.07. The van der Waals surface area contributed by atoms with Crippen molar-refractivity contribution in [2.24, 2.45) is 0 Å². The minimum atomic E-state index is -0.268. The van der Waals surface area contributed by atoms with E-state index in [2.05, 4.69) is 10.3 Å². The van der Waals surface area contributed by atoms with Gasteiger partial charge in [-0.05, 0) is 42.3 Å². The van der Waals surface area contributed by atoms with Crippen LogP contribution >= 0.6 is 11.6 Å². The number of halogens is 2. The van der Waals surface area contributed by atoms with Crippen molar-refractivity contribution >= 4 is 29.2 Å². The summed E-state index contributed by atoms with van der Waals surface area (Å²) in [5.41, 5.74) is 2.34. The number of hydrogen-bond donors (Lipinski definition) is 1. The van der Waals surface area contributed by atoms with E-state index in [1.165, 1.54) is 18.2 Å². The minimum Gasteiger partial charge on any atom is -0.352 e. The molecule has 24 heavy (non-hydrogen) atoms. The highest BCUT2D eigenvalue weighted by molar-refractivity contribution is 6.31. The van der Waals surface area contributed by atoms with Crippen LogP contribution in [0.1, 0.15) is 11.3 Å². The van der Waals surface area contributed by atoms with Gasteiger partial charge in [0.1, 0.15) is 11.5 Å². The summed E-state index contributed by atoms with van der Waals surface area (Å²) in [7, 11) is 0. The Bertz CT molecular complexity index is 887. The maximum absolute atomic E-state index is 12.8. The molecule has 0 unspecified atom stereocenters. The number of benzene rings is 1. The number of nitrogens with zero attached hydrogens (tertiary/aromatic N) is 2. The van der Waals surface area contributed by atoms with E-state index in [1.54, 1.807) is 18.2 Å². The van der Waals surface area contributed by atoms with Crippen molar-refractivity contribution in [3.63, 3.8) is 0 Å². The number of carbonyl (C=O) groups excluding carboxylic acids is 1. The van der Waals surface area contributed by atoms with Gasteiger partial charge in [-0.25, -0.2) is 9.37 Å². The SMILES string of the molecule is O=C(/C=C/c1c(Cl)nc2ccccn12)NCCc1ccc(F)cc1. The molecule has 0 aliphatic heterocycles. The van der Waals surface area contributed by atoms with Crippen LogP contribution in [-0.4, -0.2) is 21.8 Å². The maximum atomic E-state index is 12.8. The zero-order valence-electron chi connectivity index (χ0n) is 12.7. The van der Waals surface area contributed by atoms with Crippen LogP contribution in [0, 0.1) is 5.82 Å². The second kappa shape index (κ2) is 7.27. The first-order valence-corrected chi connectivity index (χ1v) is 7.84. The molecule has 0 spiro atoms. The van der Waals surface area contributed by atoms with Crippen molar-refractivity contribution in [2.45, 2.75) is 6.42 Å². The van der Waals surface area contributed by atoms with Crippen molar-refractivity contribution in [1.82, 2.24) is 14.7 Å². The lowest BCUT2D eigenvalue weighted by Crippen LogP contribution is -2.23. The Hall–Kier alpha value is -2.66. The second-order valence-corrected chi connectivity index (χ2v) is 5.58. The van der Waals surface area contributed by atoms with Crippen molar-refractivity contribution in [3.05, 3.63) is 77.0 Å². The molecule has 6 heteroatoms. The summed E-state index contributed by atoms with van der Waals surface area (Å²) in [5, 5.41) is 3.13. The Morgan fingerprint density at radius 2 is 2.04 bits per heavy atom. The Morgan fingerprint density at radius 1 is 1.25 bits per heavy atom. The van der Waals surface area contributed by atoms with Crippen LogP contribution in [0.15, 0.2) is 54.7 Å². The lowest BCUT2D eigenvalue weighted by atomic mass is 10.1. The number of hydrogen-bond acceptors (Lipinski definition) is 2. The van der Waals surface area contributed by atoms with Crippen LogP contribution in [0.25, 0.3) is 11.7 Å². The predicted octanol–water partition coefficient (Wildman–Crippen LogP) is 3.50. The number of imidazole rings is 1. The Labute approximate surface area is 143 Å². The van der Waals surface area contributed by atoms with Gasteiger partial charge in [0, 0.05) is 18.8 Å². The summed E-state index contributed by atoms with van der Waals surface area (Å²) in [6.07, 6.45) is 5.53. The zero-order valence-corrected chi connectivity index (χ0v) is 13.5. The van der Waals surface area contributed by atoms with Gasteiger partial charge in [-0.2, -0.15) is 0 Å². The molecule has 3 rings (SSSR count). The molecule has 1 amide bonds. The van der Waals surface area contributed by atoms with Crippen LogP contribution in [-0.2, 0) is 11.2 Å². The number of aromatic nitrogens is 2. The van der Waals surface area contributed by atoms with Gasteiger partial charge >= 0.3 is 0 Å². The van der Waals surface area contributed by atoms with Gasteiger partial charge < -0.3 is 5.32 Å². The largest absolute Gasteiger partial charge is 0.352 e. The molecule has 0 radical (unpaired) electrons. The molecule has 4 nitrogen and oxygen atoms in total. The quantitative estimate of drug-likeness (QED) is 0.721. The van der Waals surface area contributed by atoms with Crippen LogP contribution < -0.4 is 5.32 Å². The van der Waals surface area contributed by atoms with Gasteiger partial charge in [0.05, 0.1) is 5.69 Å². The Morgan fingerprint density at radius 3 is 2.83 bits per heavy atom. The fraction of sp³-hybridized carbons (Fsp3) is 0.111. The fourth-order valence-corrected chi connectivity index (χ4v) is 2.57. The van der Waals surface area contributed by atoms with E-state index in [9.17, 15) is 9.18 Å². The summed E-state index contributed by atoms with van der Waals surface area (Å²) in [4.78, 5) is 16.1. The Kier molecular flexibility index (Phi) is 4.91. The highest BCUT2D eigenvalue weighted by Crippen LogP contribution is 2.18. The number of pyridine rings is 1. The summed E-state index contributed by atoms with van der Waals surface area (Å²) in [6, 6.07) is 11.8. The maximum Gasteiger partial charge on any atom is 0.244 e. The molecule has 0 fully saturated rings. The van der Waals surface area contributed by atoms with E-state index >= 15 is 0 Å². The normalized spacial score (nSPS) is 11.2. The molecular formula is C18H15ClFN3O. The van der Waals surface area contributed by atoms with Crippen LogP contribution in [0.2, 0.25) is 5.15 Å². The molecule has 0 saturated heterocycles. The van der Waals surface area contributed by atoms with E-state index in [4.69, 9.17) is 11.6 Å². The number of fused-ring (bicyclic) bond motifs is 1. The third kappa shape index (κ3) is 3.81. The van der Waals surface area contributed by atoms with Crippen molar-refractivity contribution < 1.29 is 9.18 Å². The van der Waals surface area contributed by atoms with Crippen LogP contribution in [0.4, 0.5) is 4.39 Å². The predicted molar refractivity (Wildman–Crippen MR) is 92.3 cm³/mol. The van der Waals surface area contributed by atoms with Gasteiger partial charge in [-0.1, -0.05) is 29.8 Å². The first-order chi connectivity index (χ1) is 11.6. The number of amides is 1. The lowest BCUT2D eigenvalue weighted by Gasteiger charge is -2.03. The molecule has 0 aliphatic rings. The van der Waals surface area contributed by atoms with Crippen LogP contribution in [0.3, 0.4) is 0 Å². The summed E-state index contributed by atoms with van der Waals surface area (Å²) in [6.45, 7) is 0.468. The smallest absolute Gasteiger partial charge is 0.244 e. The fourth-order valence-electron chi connectivity index (χ4n) is 2.33. The molecular weight excluding hydrogens is 329 g/mol. The van der Waals surface area contributed by atoms with E-state index < -0.39 is 0 Å². The van der Waals surface area contributed by atoms with Crippen molar-refractivity contribution in [3.8, 4) is 0 Å². The Balaban J connectivity index is 1.58. The lowest BCUT2D eigenvalue weighted by molar-refractivity contribution is -0.116. The van der Waals surface area contributed by atoms with Crippen molar-refractivity contribution in [1.29, 1.82) is 0 Å². The second-order valence-electron chi connectivity index (χ2n) is 5.22. The van der Waals surface area contributed by atoms with Crippen molar-refractivity contribution in [2.75, 3.05) is 6.54 Å². The van der Waals surface area contributed by atoms with E-state index in [0.29, 0.717) is 23.8 Å². The molecule has 2 heterocycles. The van der Waals surface area contributed by atoms with E-state index in [-0.39, 0.29) is 11.7 Å². The van der Waals surface area contributed by atoms with Gasteiger partial charge in [0.25, 0.3) is 0 Å². The molecule has 122 valence electrons. The molecule has 1 aromatic carbocycles. The summed E-state index contributed by atoms with van der Waals surface area (Å²) < 4.78 is 14.6. The molecule has 1 N–H and O–H groups in total. The van der Waals surface area contributed by atoms with E-state index in [1.807, 2.05) is 28.8 Å². The monoisotopic (exact) mass is 343 g/mol. The molecule has 3 aromatic rings. The molecule has 0 aliphatic carbocycles. The molecule has 0 bridgehead atoms. The topological polar surface area (TPSA) is 46.4 Å². The van der Waals surface area contributed by atoms with Gasteiger partial charge in [-0.15, -0.1) is 0 Å². The van der Waals surface area contributed by atoms with Crippen LogP contribution in [0.5, 0.6) is 0 Å². The average molecular weight is 344 g/mol. The number of nitrogens with one attached hydrogen (secondary N) is 1. The highest BCUT2D eigenvalue weighted by atomic mass is 35.5. The summed E-state index contributed by atoms with van der Waals surface area (Å²) in [5.74, 6) is -0.491. The van der Waals surface area contributed by atoms with Gasteiger partial charge in [0.2, 0.25) is 5.91 Å². The average Bonchev–Trinajstić information content (AvgIpc) is 2.90. The summed E-state index contributed by atoms with van der Waals surface area (Å²) >= 11 is 6.10. The first kappa shape index (κ1) is 16.2. The van der Waals surface area contributed by atoms with E-state index in [0.717, 1.165) is 11.2 Å². The molecule has 0 atom stereocenters. The third-order valence-electron chi connectivity index (χ3n) is 3.54. The standard InChI is InChI=1S/C18H15ClFN3O/c19-18-15(23-12-2-1-3-16(23)22-18)8-9-17(24)21-11-10-13-4-6-14(20)7-5-13/h1-9,12H,10-11H2,(H,21,24)/b9-8+.